The molecule has 6 nitrogen and oxygen atoms in total. The van der Waals surface area contributed by atoms with Crippen LogP contribution in [0.1, 0.15) is 17.0 Å². The Bertz CT molecular complexity index is 1080. The number of terminal acetylenes is 1. The van der Waals surface area contributed by atoms with E-state index in [-0.39, 0.29) is 18.4 Å². The summed E-state index contributed by atoms with van der Waals surface area (Å²) in [5.41, 5.74) is 2.31. The SMILES string of the molecule is C#Cc1cccc(OCC2CN(C(=O)Cc3nc(-c4ccccc4)oc3C)CCO2)c1. The first-order chi connectivity index (χ1) is 15.1. The van der Waals surface area contributed by atoms with Gasteiger partial charge in [-0.15, -0.1) is 6.42 Å². The second-order valence-electron chi connectivity index (χ2n) is 7.38. The molecule has 0 N–H and O–H groups in total. The number of aryl methyl sites for hydroxylation is 1. The Kier molecular flexibility index (Phi) is 6.34. The standard InChI is InChI=1S/C25H24N2O4/c1-3-19-8-7-11-21(14-19)30-17-22-16-27(12-13-29-22)24(28)15-23-18(2)31-25(26-23)20-9-5-4-6-10-20/h1,4-11,14,22H,12-13,15-17H2,2H3. The number of aromatic nitrogens is 1. The Morgan fingerprint density at radius 1 is 1.26 bits per heavy atom. The highest BCUT2D eigenvalue weighted by molar-refractivity contribution is 5.78. The number of amides is 1. The van der Waals surface area contributed by atoms with E-state index in [1.54, 1.807) is 4.90 Å². The molecule has 1 aliphatic heterocycles. The smallest absolute Gasteiger partial charge is 0.228 e. The molecule has 0 saturated carbocycles. The number of nitrogens with zero attached hydrogens (tertiary/aromatic N) is 2. The van der Waals surface area contributed by atoms with Crippen molar-refractivity contribution in [1.29, 1.82) is 0 Å². The lowest BCUT2D eigenvalue weighted by Gasteiger charge is -2.32. The summed E-state index contributed by atoms with van der Waals surface area (Å²) in [5.74, 6) is 4.47. The van der Waals surface area contributed by atoms with Gasteiger partial charge in [-0.3, -0.25) is 4.79 Å². The topological polar surface area (TPSA) is 64.8 Å². The number of ether oxygens (including phenoxy) is 2. The third-order valence-corrected chi connectivity index (χ3v) is 5.16. The third-order valence-electron chi connectivity index (χ3n) is 5.16. The molecule has 1 aliphatic rings. The van der Waals surface area contributed by atoms with Crippen molar-refractivity contribution in [2.75, 3.05) is 26.3 Å². The number of carbonyl (C=O) groups excluding carboxylic acids is 1. The van der Waals surface area contributed by atoms with E-state index in [0.717, 1.165) is 11.1 Å². The average molecular weight is 416 g/mol. The zero-order valence-electron chi connectivity index (χ0n) is 17.4. The van der Waals surface area contributed by atoms with Gasteiger partial charge in [0.1, 0.15) is 24.2 Å². The molecule has 2 heterocycles. The van der Waals surface area contributed by atoms with Gasteiger partial charge >= 0.3 is 0 Å². The molecule has 3 aromatic rings. The molecule has 1 aromatic heterocycles. The predicted octanol–water partition coefficient (Wildman–Crippen LogP) is 3.48. The van der Waals surface area contributed by atoms with Crippen LogP contribution in [-0.2, 0) is 16.0 Å². The van der Waals surface area contributed by atoms with Gasteiger partial charge in [-0.1, -0.05) is 30.2 Å². The van der Waals surface area contributed by atoms with Crippen LogP contribution < -0.4 is 4.74 Å². The number of oxazole rings is 1. The van der Waals surface area contributed by atoms with Crippen LogP contribution in [0.15, 0.2) is 59.0 Å². The summed E-state index contributed by atoms with van der Waals surface area (Å²) in [5, 5.41) is 0. The Labute approximate surface area is 181 Å². The molecule has 0 bridgehead atoms. The largest absolute Gasteiger partial charge is 0.491 e. The van der Waals surface area contributed by atoms with Crippen molar-refractivity contribution in [2.24, 2.45) is 0 Å². The van der Waals surface area contributed by atoms with Crippen LogP contribution in [0, 0.1) is 19.3 Å². The summed E-state index contributed by atoms with van der Waals surface area (Å²) in [7, 11) is 0. The van der Waals surface area contributed by atoms with E-state index in [1.165, 1.54) is 0 Å². The van der Waals surface area contributed by atoms with Crippen molar-refractivity contribution in [1.82, 2.24) is 9.88 Å². The van der Waals surface area contributed by atoms with E-state index in [0.29, 0.717) is 49.4 Å². The second kappa shape index (κ2) is 9.50. The van der Waals surface area contributed by atoms with Gasteiger partial charge in [-0.25, -0.2) is 4.98 Å². The second-order valence-corrected chi connectivity index (χ2v) is 7.38. The maximum absolute atomic E-state index is 12.9. The molecule has 1 amide bonds. The number of hydrogen-bond acceptors (Lipinski definition) is 5. The maximum atomic E-state index is 12.9. The van der Waals surface area contributed by atoms with Crippen LogP contribution in [0.3, 0.4) is 0 Å². The first kappa shape index (κ1) is 20.7. The third kappa shape index (κ3) is 5.14. The van der Waals surface area contributed by atoms with E-state index >= 15 is 0 Å². The minimum Gasteiger partial charge on any atom is -0.491 e. The number of benzene rings is 2. The molecule has 31 heavy (non-hydrogen) atoms. The lowest BCUT2D eigenvalue weighted by atomic mass is 10.2. The lowest BCUT2D eigenvalue weighted by molar-refractivity contribution is -0.139. The van der Waals surface area contributed by atoms with Crippen LogP contribution >= 0.6 is 0 Å². The lowest BCUT2D eigenvalue weighted by Crippen LogP contribution is -2.48. The van der Waals surface area contributed by atoms with Crippen molar-refractivity contribution in [3.8, 4) is 29.5 Å². The average Bonchev–Trinajstić information content (AvgIpc) is 3.18. The summed E-state index contributed by atoms with van der Waals surface area (Å²) >= 11 is 0. The van der Waals surface area contributed by atoms with Crippen LogP contribution in [0.5, 0.6) is 5.75 Å². The predicted molar refractivity (Wildman–Crippen MR) is 117 cm³/mol. The van der Waals surface area contributed by atoms with Crippen LogP contribution in [0.4, 0.5) is 0 Å². The summed E-state index contributed by atoms with van der Waals surface area (Å²) < 4.78 is 17.4. The molecule has 0 spiro atoms. The minimum atomic E-state index is -0.203. The molecule has 0 aliphatic carbocycles. The highest BCUT2D eigenvalue weighted by Gasteiger charge is 2.26. The Hall–Kier alpha value is -3.56. The van der Waals surface area contributed by atoms with Gasteiger partial charge in [0.15, 0.2) is 0 Å². The zero-order chi connectivity index (χ0) is 21.6. The molecule has 4 rings (SSSR count). The number of rotatable bonds is 6. The van der Waals surface area contributed by atoms with Crippen LogP contribution in [0.2, 0.25) is 0 Å². The molecule has 158 valence electrons. The van der Waals surface area contributed by atoms with Gasteiger partial charge in [0.2, 0.25) is 11.8 Å². The molecule has 0 radical (unpaired) electrons. The number of morpholine rings is 1. The number of hydrogen-bond donors (Lipinski definition) is 0. The molecular formula is C25H24N2O4. The van der Waals surface area contributed by atoms with Gasteiger partial charge < -0.3 is 18.8 Å². The summed E-state index contributed by atoms with van der Waals surface area (Å²) in [6.07, 6.45) is 5.42. The molecular weight excluding hydrogens is 392 g/mol. The molecule has 6 heteroatoms. The molecule has 1 atom stereocenters. The fourth-order valence-corrected chi connectivity index (χ4v) is 3.46. The summed E-state index contributed by atoms with van der Waals surface area (Å²) in [4.78, 5) is 19.2. The highest BCUT2D eigenvalue weighted by atomic mass is 16.5. The normalized spacial score (nSPS) is 16.0. The fraction of sp³-hybridized carbons (Fsp3) is 0.280. The summed E-state index contributed by atoms with van der Waals surface area (Å²) in [6.45, 7) is 3.67. The van der Waals surface area contributed by atoms with Crippen molar-refractivity contribution in [3.05, 3.63) is 71.6 Å². The van der Waals surface area contributed by atoms with Gasteiger partial charge in [0, 0.05) is 17.7 Å². The van der Waals surface area contributed by atoms with E-state index in [4.69, 9.17) is 20.3 Å². The molecule has 2 aromatic carbocycles. The van der Waals surface area contributed by atoms with Crippen molar-refractivity contribution >= 4 is 5.91 Å². The quantitative estimate of drug-likeness (QED) is 0.576. The Morgan fingerprint density at radius 3 is 2.90 bits per heavy atom. The fourth-order valence-electron chi connectivity index (χ4n) is 3.46. The van der Waals surface area contributed by atoms with Crippen molar-refractivity contribution in [3.63, 3.8) is 0 Å². The van der Waals surface area contributed by atoms with Crippen LogP contribution in [-0.4, -0.2) is 48.2 Å². The van der Waals surface area contributed by atoms with E-state index in [1.807, 2.05) is 61.5 Å². The van der Waals surface area contributed by atoms with Gasteiger partial charge in [0.25, 0.3) is 0 Å². The Balaban J connectivity index is 1.35. The molecule has 1 unspecified atom stereocenters. The van der Waals surface area contributed by atoms with Gasteiger partial charge in [-0.05, 0) is 37.3 Å². The van der Waals surface area contributed by atoms with Crippen molar-refractivity contribution < 1.29 is 18.7 Å². The molecule has 1 saturated heterocycles. The van der Waals surface area contributed by atoms with Crippen LogP contribution in [0.25, 0.3) is 11.5 Å². The maximum Gasteiger partial charge on any atom is 0.228 e. The Morgan fingerprint density at radius 2 is 2.10 bits per heavy atom. The minimum absolute atomic E-state index is 0.00126. The number of carbonyl (C=O) groups is 1. The first-order valence-electron chi connectivity index (χ1n) is 10.2. The van der Waals surface area contributed by atoms with Gasteiger partial charge in [0.05, 0.1) is 25.3 Å². The molecule has 1 fully saturated rings. The van der Waals surface area contributed by atoms with E-state index in [9.17, 15) is 4.79 Å². The monoisotopic (exact) mass is 416 g/mol. The zero-order valence-corrected chi connectivity index (χ0v) is 17.4. The first-order valence-corrected chi connectivity index (χ1v) is 10.2. The van der Waals surface area contributed by atoms with Gasteiger partial charge in [-0.2, -0.15) is 0 Å². The van der Waals surface area contributed by atoms with E-state index < -0.39 is 0 Å². The van der Waals surface area contributed by atoms with Crippen molar-refractivity contribution in [2.45, 2.75) is 19.4 Å². The van der Waals surface area contributed by atoms with E-state index in [2.05, 4.69) is 10.9 Å². The summed E-state index contributed by atoms with van der Waals surface area (Å²) in [6, 6.07) is 17.0. The highest BCUT2D eigenvalue weighted by Crippen LogP contribution is 2.22.